The highest BCUT2D eigenvalue weighted by atomic mass is 16.5. The molecule has 19 heavy (non-hydrogen) atoms. The van der Waals surface area contributed by atoms with Gasteiger partial charge in [-0.3, -0.25) is 4.79 Å². The van der Waals surface area contributed by atoms with E-state index in [9.17, 15) is 4.79 Å². The maximum Gasteiger partial charge on any atom is 0.266 e. The average Bonchev–Trinajstić information content (AvgIpc) is 2.41. The Kier molecular flexibility index (Phi) is 4.10. The molecule has 1 aliphatic heterocycles. The maximum atomic E-state index is 12.5. The first kappa shape index (κ1) is 13.9. The predicted molar refractivity (Wildman–Crippen MR) is 75.3 cm³/mol. The molecule has 0 aromatic heterocycles. The molecule has 0 bridgehead atoms. The summed E-state index contributed by atoms with van der Waals surface area (Å²) in [5.74, 6) is 0.827. The number of nitrogens with one attached hydrogen (secondary N) is 1. The quantitative estimate of drug-likeness (QED) is 0.899. The first-order valence-electron chi connectivity index (χ1n) is 6.75. The van der Waals surface area contributed by atoms with Crippen molar-refractivity contribution in [2.75, 3.05) is 26.2 Å². The van der Waals surface area contributed by atoms with E-state index >= 15 is 0 Å². The molecule has 1 heterocycles. The van der Waals surface area contributed by atoms with Gasteiger partial charge in [-0.2, -0.15) is 0 Å². The van der Waals surface area contributed by atoms with Gasteiger partial charge in [-0.25, -0.2) is 0 Å². The molecule has 0 aliphatic carbocycles. The van der Waals surface area contributed by atoms with E-state index in [2.05, 4.69) is 5.32 Å². The van der Waals surface area contributed by atoms with Crippen LogP contribution in [-0.4, -0.2) is 42.6 Å². The number of amides is 1. The molecule has 0 spiro atoms. The van der Waals surface area contributed by atoms with E-state index in [1.165, 1.54) is 0 Å². The number of carbonyl (C=O) groups excluding carboxylic acids is 1. The van der Waals surface area contributed by atoms with Crippen molar-refractivity contribution in [2.45, 2.75) is 26.4 Å². The Morgan fingerprint density at radius 3 is 2.53 bits per heavy atom. The number of nitrogens with zero attached hydrogens (tertiary/aromatic N) is 1. The molecule has 0 unspecified atom stereocenters. The Labute approximate surface area is 114 Å². The van der Waals surface area contributed by atoms with Crippen LogP contribution < -0.4 is 10.1 Å². The van der Waals surface area contributed by atoms with E-state index in [-0.39, 0.29) is 5.91 Å². The zero-order valence-electron chi connectivity index (χ0n) is 11.9. The smallest absolute Gasteiger partial charge is 0.266 e. The van der Waals surface area contributed by atoms with Crippen molar-refractivity contribution in [1.82, 2.24) is 10.2 Å². The Morgan fingerprint density at radius 1 is 1.26 bits per heavy atom. The van der Waals surface area contributed by atoms with Crippen molar-refractivity contribution in [2.24, 2.45) is 0 Å². The minimum Gasteiger partial charge on any atom is -0.478 e. The van der Waals surface area contributed by atoms with Gasteiger partial charge < -0.3 is 15.0 Å². The zero-order chi connectivity index (χ0) is 13.9. The first-order valence-corrected chi connectivity index (χ1v) is 6.75. The van der Waals surface area contributed by atoms with Crippen LogP contribution in [0.25, 0.3) is 0 Å². The van der Waals surface area contributed by atoms with Gasteiger partial charge in [-0.1, -0.05) is 18.2 Å². The van der Waals surface area contributed by atoms with Crippen LogP contribution in [0, 0.1) is 6.92 Å². The standard InChI is InChI=1S/C15H22N2O2/c1-12-6-4-5-7-13(12)19-15(2,3)14(18)17-10-8-16-9-11-17/h4-7,16H,8-11H2,1-3H3. The summed E-state index contributed by atoms with van der Waals surface area (Å²) in [6, 6.07) is 7.78. The summed E-state index contributed by atoms with van der Waals surface area (Å²) in [6.07, 6.45) is 0. The number of benzene rings is 1. The summed E-state index contributed by atoms with van der Waals surface area (Å²) >= 11 is 0. The summed E-state index contributed by atoms with van der Waals surface area (Å²) in [4.78, 5) is 14.4. The Morgan fingerprint density at radius 2 is 1.89 bits per heavy atom. The molecule has 4 heteroatoms. The second-order valence-corrected chi connectivity index (χ2v) is 5.42. The average molecular weight is 262 g/mol. The van der Waals surface area contributed by atoms with Crippen LogP contribution in [-0.2, 0) is 4.79 Å². The fourth-order valence-corrected chi connectivity index (χ4v) is 2.24. The molecule has 0 atom stereocenters. The molecular formula is C15H22N2O2. The molecule has 1 aliphatic rings. The van der Waals surface area contributed by atoms with Crippen LogP contribution in [0.1, 0.15) is 19.4 Å². The number of carbonyl (C=O) groups is 1. The van der Waals surface area contributed by atoms with Crippen LogP contribution in [0.5, 0.6) is 5.75 Å². The van der Waals surface area contributed by atoms with Crippen LogP contribution >= 0.6 is 0 Å². The molecule has 2 rings (SSSR count). The molecule has 4 nitrogen and oxygen atoms in total. The molecule has 104 valence electrons. The van der Waals surface area contributed by atoms with Crippen molar-refractivity contribution in [3.63, 3.8) is 0 Å². The van der Waals surface area contributed by atoms with Crippen molar-refractivity contribution < 1.29 is 9.53 Å². The summed E-state index contributed by atoms with van der Waals surface area (Å²) < 4.78 is 5.94. The Balaban J connectivity index is 2.08. The van der Waals surface area contributed by atoms with Crippen LogP contribution in [0.3, 0.4) is 0 Å². The van der Waals surface area contributed by atoms with E-state index in [0.717, 1.165) is 37.5 Å². The van der Waals surface area contributed by atoms with Gasteiger partial charge in [0.2, 0.25) is 0 Å². The second-order valence-electron chi connectivity index (χ2n) is 5.42. The van der Waals surface area contributed by atoms with E-state index in [1.54, 1.807) is 0 Å². The first-order chi connectivity index (χ1) is 9.00. The van der Waals surface area contributed by atoms with Gasteiger partial charge in [0.05, 0.1) is 0 Å². The van der Waals surface area contributed by atoms with Gasteiger partial charge in [0.25, 0.3) is 5.91 Å². The molecule has 0 saturated carbocycles. The topological polar surface area (TPSA) is 41.6 Å². The highest BCUT2D eigenvalue weighted by molar-refractivity contribution is 5.85. The van der Waals surface area contributed by atoms with Crippen LogP contribution in [0.2, 0.25) is 0 Å². The van der Waals surface area contributed by atoms with Crippen molar-refractivity contribution in [3.05, 3.63) is 29.8 Å². The summed E-state index contributed by atoms with van der Waals surface area (Å²) in [6.45, 7) is 8.87. The largest absolute Gasteiger partial charge is 0.478 e. The fraction of sp³-hybridized carbons (Fsp3) is 0.533. The molecule has 1 amide bonds. The summed E-state index contributed by atoms with van der Waals surface area (Å²) in [5, 5.41) is 3.25. The lowest BCUT2D eigenvalue weighted by atomic mass is 10.1. The number of hydrogen-bond donors (Lipinski definition) is 1. The number of rotatable bonds is 3. The van der Waals surface area contributed by atoms with Crippen LogP contribution in [0.15, 0.2) is 24.3 Å². The lowest BCUT2D eigenvalue weighted by molar-refractivity contribution is -0.146. The van der Waals surface area contributed by atoms with Gasteiger partial charge in [0.1, 0.15) is 5.75 Å². The van der Waals surface area contributed by atoms with Gasteiger partial charge in [-0.15, -0.1) is 0 Å². The maximum absolute atomic E-state index is 12.5. The Hall–Kier alpha value is -1.55. The number of ether oxygens (including phenoxy) is 1. The molecule has 1 N–H and O–H groups in total. The van der Waals surface area contributed by atoms with Crippen molar-refractivity contribution >= 4 is 5.91 Å². The third kappa shape index (κ3) is 3.26. The number of para-hydroxylation sites is 1. The predicted octanol–water partition coefficient (Wildman–Crippen LogP) is 1.58. The molecule has 1 saturated heterocycles. The third-order valence-corrected chi connectivity index (χ3v) is 3.38. The van der Waals surface area contributed by atoms with E-state index in [0.29, 0.717) is 0 Å². The summed E-state index contributed by atoms with van der Waals surface area (Å²) in [7, 11) is 0. The van der Waals surface area contributed by atoms with E-state index < -0.39 is 5.60 Å². The number of hydrogen-bond acceptors (Lipinski definition) is 3. The van der Waals surface area contributed by atoms with Crippen molar-refractivity contribution in [1.29, 1.82) is 0 Å². The van der Waals surface area contributed by atoms with Crippen molar-refractivity contribution in [3.8, 4) is 5.75 Å². The fourth-order valence-electron chi connectivity index (χ4n) is 2.24. The van der Waals surface area contributed by atoms with Gasteiger partial charge in [0, 0.05) is 26.2 Å². The second kappa shape index (κ2) is 5.61. The highest BCUT2D eigenvalue weighted by Gasteiger charge is 2.34. The summed E-state index contributed by atoms with van der Waals surface area (Å²) in [5.41, 5.74) is 0.215. The van der Waals surface area contributed by atoms with Gasteiger partial charge >= 0.3 is 0 Å². The Bertz CT molecular complexity index is 451. The third-order valence-electron chi connectivity index (χ3n) is 3.38. The number of aryl methyl sites for hydroxylation is 1. The molecule has 1 aromatic rings. The van der Waals surface area contributed by atoms with Gasteiger partial charge in [0.15, 0.2) is 5.60 Å². The van der Waals surface area contributed by atoms with E-state index in [1.807, 2.05) is 49.9 Å². The lowest BCUT2D eigenvalue weighted by Gasteiger charge is -2.35. The molecule has 1 aromatic carbocycles. The lowest BCUT2D eigenvalue weighted by Crippen LogP contribution is -2.54. The molecular weight excluding hydrogens is 240 g/mol. The van der Waals surface area contributed by atoms with Crippen LogP contribution in [0.4, 0.5) is 0 Å². The normalized spacial score (nSPS) is 16.3. The highest BCUT2D eigenvalue weighted by Crippen LogP contribution is 2.23. The van der Waals surface area contributed by atoms with Gasteiger partial charge in [-0.05, 0) is 32.4 Å². The molecule has 1 fully saturated rings. The monoisotopic (exact) mass is 262 g/mol. The molecule has 0 radical (unpaired) electrons. The minimum atomic E-state index is -0.830. The SMILES string of the molecule is Cc1ccccc1OC(C)(C)C(=O)N1CCNCC1. The zero-order valence-corrected chi connectivity index (χ0v) is 11.9. The number of piperazine rings is 1. The minimum absolute atomic E-state index is 0.0530. The van der Waals surface area contributed by atoms with E-state index in [4.69, 9.17) is 4.74 Å².